The predicted molar refractivity (Wildman–Crippen MR) is 110 cm³/mol. The molecule has 1 N–H and O–H groups in total. The molecule has 11 nitrogen and oxygen atoms in total. The van der Waals surface area contributed by atoms with E-state index in [1.807, 2.05) is 6.07 Å². The van der Waals surface area contributed by atoms with Gasteiger partial charge in [0.1, 0.15) is 12.9 Å². The third kappa shape index (κ3) is 3.56. The largest absolute Gasteiger partial charge is 0.456 e. The molecule has 11 heteroatoms. The number of hydrogen-bond acceptors (Lipinski definition) is 9. The summed E-state index contributed by atoms with van der Waals surface area (Å²) in [7, 11) is 0. The van der Waals surface area contributed by atoms with Crippen LogP contribution in [-0.2, 0) is 14.3 Å². The lowest BCUT2D eigenvalue weighted by atomic mass is 9.77. The summed E-state index contributed by atoms with van der Waals surface area (Å²) in [5.41, 5.74) is 1.59. The number of ether oxygens (including phenoxy) is 1. The number of carbonyl (C=O) groups is 2. The van der Waals surface area contributed by atoms with Gasteiger partial charge >= 0.3 is 5.97 Å². The Balaban J connectivity index is 1.18. The Morgan fingerprint density at radius 2 is 1.97 bits per heavy atom. The molecule has 2 aromatic rings. The van der Waals surface area contributed by atoms with E-state index in [9.17, 15) is 14.7 Å². The summed E-state index contributed by atoms with van der Waals surface area (Å²) in [6.45, 7) is 4.49. The Morgan fingerprint density at radius 3 is 2.59 bits per heavy atom. The van der Waals surface area contributed by atoms with Crippen molar-refractivity contribution < 1.29 is 19.4 Å². The number of tetrazole rings is 1. The first-order chi connectivity index (χ1) is 15.5. The van der Waals surface area contributed by atoms with Gasteiger partial charge in [-0.05, 0) is 55.8 Å². The molecule has 168 valence electrons. The molecule has 2 fully saturated rings. The molecule has 0 unspecified atom stereocenters. The van der Waals surface area contributed by atoms with Crippen molar-refractivity contribution >= 4 is 11.9 Å². The van der Waals surface area contributed by atoms with Gasteiger partial charge < -0.3 is 19.6 Å². The standard InChI is InChI=1S/C21H25N7O4/c1-14-16(12-32-19(14)30)27-9-6-21(20(27)31)4-7-26(8-5-21)11-17(29)15-2-3-18(22-10-15)28-13-23-24-25-28/h2-3,10,13,17,29H,4-9,11-12H2,1H3/t17-/m1/s1. The average molecular weight is 439 g/mol. The minimum absolute atomic E-state index is 0.104. The van der Waals surface area contributed by atoms with Crippen LogP contribution in [0, 0.1) is 5.41 Å². The maximum Gasteiger partial charge on any atom is 0.336 e. The highest BCUT2D eigenvalue weighted by molar-refractivity contribution is 5.94. The number of hydrogen-bond donors (Lipinski definition) is 1. The Bertz CT molecular complexity index is 1040. The first-order valence-electron chi connectivity index (χ1n) is 10.8. The van der Waals surface area contributed by atoms with E-state index in [2.05, 4.69) is 25.4 Å². The zero-order chi connectivity index (χ0) is 22.3. The van der Waals surface area contributed by atoms with Crippen LogP contribution in [0.1, 0.15) is 37.9 Å². The van der Waals surface area contributed by atoms with Gasteiger partial charge in [0.25, 0.3) is 0 Å². The van der Waals surface area contributed by atoms with Crippen molar-refractivity contribution in [3.05, 3.63) is 41.5 Å². The van der Waals surface area contributed by atoms with Gasteiger partial charge in [-0.1, -0.05) is 6.07 Å². The second-order valence-corrected chi connectivity index (χ2v) is 8.66. The molecule has 0 aromatic carbocycles. The van der Waals surface area contributed by atoms with Crippen LogP contribution in [0.4, 0.5) is 0 Å². The monoisotopic (exact) mass is 439 g/mol. The van der Waals surface area contributed by atoms with Crippen molar-refractivity contribution in [3.8, 4) is 5.82 Å². The lowest BCUT2D eigenvalue weighted by Gasteiger charge is -2.38. The van der Waals surface area contributed by atoms with Crippen molar-refractivity contribution in [2.45, 2.75) is 32.3 Å². The molecular weight excluding hydrogens is 414 g/mol. The maximum absolute atomic E-state index is 13.2. The Labute approximate surface area is 184 Å². The number of rotatable bonds is 5. The fourth-order valence-electron chi connectivity index (χ4n) is 4.80. The van der Waals surface area contributed by atoms with Gasteiger partial charge in [0.15, 0.2) is 5.82 Å². The second kappa shape index (κ2) is 8.06. The molecule has 0 radical (unpaired) electrons. The molecule has 0 aliphatic carbocycles. The summed E-state index contributed by atoms with van der Waals surface area (Å²) >= 11 is 0. The summed E-state index contributed by atoms with van der Waals surface area (Å²) in [4.78, 5) is 33.2. The summed E-state index contributed by atoms with van der Waals surface area (Å²) in [5.74, 6) is 0.348. The van der Waals surface area contributed by atoms with E-state index in [1.54, 1.807) is 24.1 Å². The normalized spacial score (nSPS) is 22.1. The van der Waals surface area contributed by atoms with Gasteiger partial charge in [0.05, 0.1) is 22.8 Å². The molecule has 3 aliphatic rings. The van der Waals surface area contributed by atoms with Crippen LogP contribution >= 0.6 is 0 Å². The number of amides is 1. The van der Waals surface area contributed by atoms with Gasteiger partial charge in [-0.2, -0.15) is 4.68 Å². The van der Waals surface area contributed by atoms with E-state index < -0.39 is 6.10 Å². The summed E-state index contributed by atoms with van der Waals surface area (Å²) in [5, 5.41) is 21.7. The predicted octanol–water partition coefficient (Wildman–Crippen LogP) is 0.236. The third-order valence-corrected chi connectivity index (χ3v) is 6.90. The van der Waals surface area contributed by atoms with Gasteiger partial charge in [0, 0.05) is 24.8 Å². The number of esters is 1. The molecule has 1 atom stereocenters. The van der Waals surface area contributed by atoms with E-state index >= 15 is 0 Å². The van der Waals surface area contributed by atoms with Crippen LogP contribution in [0.25, 0.3) is 5.82 Å². The number of likely N-dealkylation sites (tertiary alicyclic amines) is 2. The van der Waals surface area contributed by atoms with Crippen LogP contribution in [0.15, 0.2) is 35.9 Å². The fourth-order valence-corrected chi connectivity index (χ4v) is 4.80. The Kier molecular flexibility index (Phi) is 5.22. The van der Waals surface area contributed by atoms with Crippen molar-refractivity contribution in [3.63, 3.8) is 0 Å². The molecule has 0 bridgehead atoms. The lowest BCUT2D eigenvalue weighted by molar-refractivity contribution is -0.138. The molecule has 3 aliphatic heterocycles. The van der Waals surface area contributed by atoms with E-state index in [1.165, 1.54) is 11.0 Å². The molecule has 2 aromatic heterocycles. The molecule has 2 saturated heterocycles. The number of aromatic nitrogens is 5. The van der Waals surface area contributed by atoms with Crippen LogP contribution < -0.4 is 0 Å². The van der Waals surface area contributed by atoms with Crippen molar-refractivity contribution in [1.82, 2.24) is 35.0 Å². The van der Waals surface area contributed by atoms with Crippen LogP contribution in [0.2, 0.25) is 0 Å². The molecule has 1 amide bonds. The van der Waals surface area contributed by atoms with Gasteiger partial charge in [-0.3, -0.25) is 4.79 Å². The number of piperidine rings is 1. The van der Waals surface area contributed by atoms with Gasteiger partial charge in [0.2, 0.25) is 5.91 Å². The SMILES string of the molecule is CC1=C(N2CCC3(CCN(C[C@@H](O)c4ccc(-n5cnnn5)nc4)CC3)C2=O)COC1=O. The third-order valence-electron chi connectivity index (χ3n) is 6.90. The van der Waals surface area contributed by atoms with E-state index in [4.69, 9.17) is 4.74 Å². The Hall–Kier alpha value is -3.18. The number of aliphatic hydroxyl groups is 1. The topological polar surface area (TPSA) is 127 Å². The second-order valence-electron chi connectivity index (χ2n) is 8.66. The quantitative estimate of drug-likeness (QED) is 0.652. The minimum Gasteiger partial charge on any atom is -0.456 e. The maximum atomic E-state index is 13.2. The van der Waals surface area contributed by atoms with Crippen molar-refractivity contribution in [1.29, 1.82) is 0 Å². The molecule has 32 heavy (non-hydrogen) atoms. The fraction of sp³-hybridized carbons (Fsp3) is 0.524. The zero-order valence-electron chi connectivity index (χ0n) is 17.8. The van der Waals surface area contributed by atoms with Crippen molar-refractivity contribution in [2.24, 2.45) is 5.41 Å². The molecule has 5 rings (SSSR count). The minimum atomic E-state index is -0.676. The number of β-amino-alcohol motifs (C(OH)–C–C–N with tert-alkyl or cyclic N) is 1. The first kappa shape index (κ1) is 20.7. The van der Waals surface area contributed by atoms with E-state index in [0.29, 0.717) is 30.2 Å². The number of cyclic esters (lactones) is 1. The van der Waals surface area contributed by atoms with Crippen LogP contribution in [0.5, 0.6) is 0 Å². The van der Waals surface area contributed by atoms with Crippen LogP contribution in [0.3, 0.4) is 0 Å². The van der Waals surface area contributed by atoms with Gasteiger partial charge in [-0.25, -0.2) is 9.78 Å². The zero-order valence-corrected chi connectivity index (χ0v) is 17.8. The highest BCUT2D eigenvalue weighted by atomic mass is 16.5. The van der Waals surface area contributed by atoms with Crippen LogP contribution in [-0.4, -0.2) is 84.8 Å². The summed E-state index contributed by atoms with van der Waals surface area (Å²) in [6, 6.07) is 3.58. The first-order valence-corrected chi connectivity index (χ1v) is 10.8. The van der Waals surface area contributed by atoms with E-state index in [0.717, 1.165) is 37.9 Å². The summed E-state index contributed by atoms with van der Waals surface area (Å²) < 4.78 is 6.54. The number of carbonyl (C=O) groups excluding carboxylic acids is 2. The smallest absolute Gasteiger partial charge is 0.336 e. The average Bonchev–Trinajstić information content (AvgIpc) is 3.53. The molecule has 0 saturated carbocycles. The lowest BCUT2D eigenvalue weighted by Crippen LogP contribution is -2.45. The molecular formula is C21H25N7O4. The van der Waals surface area contributed by atoms with E-state index in [-0.39, 0.29) is 23.9 Å². The number of nitrogens with zero attached hydrogens (tertiary/aromatic N) is 7. The highest BCUT2D eigenvalue weighted by Gasteiger charge is 2.50. The number of pyridine rings is 1. The Morgan fingerprint density at radius 1 is 1.19 bits per heavy atom. The molecule has 5 heterocycles. The highest BCUT2D eigenvalue weighted by Crippen LogP contribution is 2.43. The van der Waals surface area contributed by atoms with Crippen molar-refractivity contribution in [2.75, 3.05) is 32.8 Å². The van der Waals surface area contributed by atoms with Gasteiger partial charge in [-0.15, -0.1) is 5.10 Å². The molecule has 1 spiro atoms. The summed E-state index contributed by atoms with van der Waals surface area (Å²) in [6.07, 6.45) is 4.69. The number of aliphatic hydroxyl groups excluding tert-OH is 1.